The van der Waals surface area contributed by atoms with Gasteiger partial charge in [-0.3, -0.25) is 9.59 Å². The maximum atomic E-state index is 12.0. The number of nitrogens with zero attached hydrogens (tertiary/aromatic N) is 4. The molecule has 158 valence electrons. The summed E-state index contributed by atoms with van der Waals surface area (Å²) in [5.74, 6) is 0.592. The van der Waals surface area contributed by atoms with Gasteiger partial charge in [0.15, 0.2) is 5.62 Å². The van der Waals surface area contributed by atoms with Gasteiger partial charge >= 0.3 is 0 Å². The summed E-state index contributed by atoms with van der Waals surface area (Å²) in [5, 5.41) is 2.52. The molecule has 1 aromatic heterocycles. The first-order valence-electron chi connectivity index (χ1n) is 9.57. The fourth-order valence-electron chi connectivity index (χ4n) is 3.13. The van der Waals surface area contributed by atoms with E-state index in [9.17, 15) is 9.59 Å². The first kappa shape index (κ1) is 21.6. The highest BCUT2D eigenvalue weighted by molar-refractivity contribution is 8.16. The summed E-state index contributed by atoms with van der Waals surface area (Å²) in [4.78, 5) is 36.6. The van der Waals surface area contributed by atoms with Crippen molar-refractivity contribution in [1.82, 2.24) is 15.3 Å². The van der Waals surface area contributed by atoms with Crippen LogP contribution in [0.25, 0.3) is 6.08 Å². The van der Waals surface area contributed by atoms with E-state index in [0.717, 1.165) is 37.9 Å². The summed E-state index contributed by atoms with van der Waals surface area (Å²) < 4.78 is 5.32. The van der Waals surface area contributed by atoms with E-state index in [1.54, 1.807) is 12.1 Å². The Morgan fingerprint density at radius 2 is 1.80 bits per heavy atom. The van der Waals surface area contributed by atoms with Crippen LogP contribution in [0, 0.1) is 6.92 Å². The lowest BCUT2D eigenvalue weighted by Gasteiger charge is -2.36. The van der Waals surface area contributed by atoms with Gasteiger partial charge in [-0.15, -0.1) is 0 Å². The SMILES string of the molecule is CNC(=O)/C(=C/c1cc(OC)nc(N2CCN(c3ccc(C)cc3)CC2)n1)SC=O. The van der Waals surface area contributed by atoms with Crippen molar-refractivity contribution in [3.63, 3.8) is 0 Å². The third kappa shape index (κ3) is 5.29. The molecule has 2 aromatic rings. The van der Waals surface area contributed by atoms with Crippen LogP contribution in [-0.4, -0.2) is 61.8 Å². The fraction of sp³-hybridized carbons (Fsp3) is 0.333. The van der Waals surface area contributed by atoms with Crippen molar-refractivity contribution in [1.29, 1.82) is 0 Å². The molecule has 1 saturated heterocycles. The molecule has 0 aliphatic carbocycles. The average Bonchev–Trinajstić information content (AvgIpc) is 2.78. The number of hydrogen-bond donors (Lipinski definition) is 1. The lowest BCUT2D eigenvalue weighted by atomic mass is 10.2. The third-order valence-corrected chi connectivity index (χ3v) is 5.44. The molecule has 8 nitrogen and oxygen atoms in total. The van der Waals surface area contributed by atoms with Crippen LogP contribution in [0.5, 0.6) is 5.88 Å². The zero-order chi connectivity index (χ0) is 21.5. The number of carbonyl (C=O) groups is 2. The number of aromatic nitrogens is 2. The normalized spacial score (nSPS) is 14.4. The van der Waals surface area contributed by atoms with E-state index in [1.165, 1.54) is 25.4 Å². The Morgan fingerprint density at radius 3 is 2.40 bits per heavy atom. The number of thioether (sulfide) groups is 1. The van der Waals surface area contributed by atoms with Gasteiger partial charge in [-0.05, 0) is 36.9 Å². The van der Waals surface area contributed by atoms with E-state index in [2.05, 4.69) is 56.3 Å². The number of methoxy groups -OCH3 is 1. The van der Waals surface area contributed by atoms with Crippen molar-refractivity contribution in [3.8, 4) is 5.88 Å². The second-order valence-corrected chi connectivity index (χ2v) is 7.61. The van der Waals surface area contributed by atoms with E-state index in [-0.39, 0.29) is 10.8 Å². The average molecular weight is 428 g/mol. The number of aryl methyl sites for hydroxylation is 1. The molecule has 9 heteroatoms. The van der Waals surface area contributed by atoms with E-state index in [0.29, 0.717) is 23.1 Å². The Morgan fingerprint density at radius 1 is 1.13 bits per heavy atom. The lowest BCUT2D eigenvalue weighted by Crippen LogP contribution is -2.47. The zero-order valence-electron chi connectivity index (χ0n) is 17.3. The van der Waals surface area contributed by atoms with Crippen molar-refractivity contribution < 1.29 is 14.3 Å². The summed E-state index contributed by atoms with van der Waals surface area (Å²) in [7, 11) is 3.05. The van der Waals surface area contributed by atoms with Gasteiger partial charge in [-0.2, -0.15) is 4.98 Å². The van der Waals surface area contributed by atoms with Gasteiger partial charge in [0, 0.05) is 45.0 Å². The van der Waals surface area contributed by atoms with E-state index >= 15 is 0 Å². The third-order valence-electron chi connectivity index (χ3n) is 4.79. The molecule has 2 heterocycles. The highest BCUT2D eigenvalue weighted by Gasteiger charge is 2.20. The summed E-state index contributed by atoms with van der Waals surface area (Å²) in [6, 6.07) is 10.2. The monoisotopic (exact) mass is 427 g/mol. The van der Waals surface area contributed by atoms with Crippen LogP contribution in [0.3, 0.4) is 0 Å². The Labute approximate surface area is 180 Å². The number of carbonyl (C=O) groups excluding carboxylic acids is 2. The van der Waals surface area contributed by atoms with Crippen molar-refractivity contribution >= 4 is 41.0 Å². The molecule has 0 unspecified atom stereocenters. The van der Waals surface area contributed by atoms with Crippen LogP contribution in [0.4, 0.5) is 11.6 Å². The lowest BCUT2D eigenvalue weighted by molar-refractivity contribution is -0.116. The van der Waals surface area contributed by atoms with Crippen molar-refractivity contribution in [2.24, 2.45) is 0 Å². The highest BCUT2D eigenvalue weighted by Crippen LogP contribution is 2.23. The number of likely N-dealkylation sites (N-methyl/N-ethyl adjacent to an activating group) is 1. The summed E-state index contributed by atoms with van der Waals surface area (Å²) in [5.41, 5.74) is 3.57. The largest absolute Gasteiger partial charge is 0.481 e. The summed E-state index contributed by atoms with van der Waals surface area (Å²) >= 11 is 0.805. The van der Waals surface area contributed by atoms with Gasteiger partial charge in [-0.25, -0.2) is 4.98 Å². The summed E-state index contributed by atoms with van der Waals surface area (Å²) in [6.45, 7) is 5.29. The van der Waals surface area contributed by atoms with Crippen LogP contribution in [-0.2, 0) is 9.59 Å². The minimum absolute atomic E-state index is 0.253. The number of benzene rings is 1. The van der Waals surface area contributed by atoms with Gasteiger partial charge in [-0.1, -0.05) is 17.7 Å². The zero-order valence-corrected chi connectivity index (χ0v) is 18.1. The molecule has 1 amide bonds. The minimum atomic E-state index is -0.349. The molecule has 1 aromatic carbocycles. The molecule has 0 saturated carbocycles. The number of piperazine rings is 1. The number of anilines is 2. The van der Waals surface area contributed by atoms with Gasteiger partial charge in [0.2, 0.25) is 11.8 Å². The molecule has 1 aliphatic rings. The predicted molar refractivity (Wildman–Crippen MR) is 121 cm³/mol. The van der Waals surface area contributed by atoms with Crippen LogP contribution < -0.4 is 19.9 Å². The number of rotatable bonds is 7. The summed E-state index contributed by atoms with van der Waals surface area (Å²) in [6.07, 6.45) is 1.56. The van der Waals surface area contributed by atoms with Crippen LogP contribution in [0.2, 0.25) is 0 Å². The Balaban J connectivity index is 1.79. The molecule has 3 rings (SSSR count). The molecule has 0 radical (unpaired) electrons. The van der Waals surface area contributed by atoms with Gasteiger partial charge in [0.05, 0.1) is 17.7 Å². The number of ether oxygens (including phenoxy) is 1. The van der Waals surface area contributed by atoms with Gasteiger partial charge in [0.25, 0.3) is 5.91 Å². The quantitative estimate of drug-likeness (QED) is 0.531. The van der Waals surface area contributed by atoms with Gasteiger partial charge < -0.3 is 19.9 Å². The maximum Gasteiger partial charge on any atom is 0.257 e. The molecule has 1 N–H and O–H groups in total. The van der Waals surface area contributed by atoms with Gasteiger partial charge in [0.1, 0.15) is 0 Å². The first-order valence-corrected chi connectivity index (χ1v) is 10.5. The van der Waals surface area contributed by atoms with Crippen molar-refractivity contribution in [2.75, 3.05) is 50.1 Å². The molecule has 1 aliphatic heterocycles. The standard InChI is InChI=1S/C21H25N5O3S/c1-15-4-6-17(7-5-15)25-8-10-26(11-9-25)21-23-16(13-19(24-21)29-3)12-18(30-14-27)20(28)22-2/h4-7,12-14H,8-11H2,1-3H3,(H,22,28)/b18-12-. The van der Waals surface area contributed by atoms with Crippen molar-refractivity contribution in [3.05, 3.63) is 46.5 Å². The van der Waals surface area contributed by atoms with Crippen molar-refractivity contribution in [2.45, 2.75) is 6.92 Å². The Kier molecular flexibility index (Phi) is 7.29. The molecule has 0 spiro atoms. The molecule has 0 atom stereocenters. The number of hydrogen-bond acceptors (Lipinski definition) is 8. The fourth-order valence-corrected chi connectivity index (χ4v) is 3.63. The second-order valence-electron chi connectivity index (χ2n) is 6.75. The molecule has 30 heavy (non-hydrogen) atoms. The number of amides is 1. The van der Waals surface area contributed by atoms with E-state index in [4.69, 9.17) is 4.74 Å². The Bertz CT molecular complexity index is 925. The maximum absolute atomic E-state index is 12.0. The topological polar surface area (TPSA) is 87.7 Å². The minimum Gasteiger partial charge on any atom is -0.481 e. The smallest absolute Gasteiger partial charge is 0.257 e. The Hall–Kier alpha value is -3.07. The first-order chi connectivity index (χ1) is 14.5. The van der Waals surface area contributed by atoms with E-state index < -0.39 is 0 Å². The van der Waals surface area contributed by atoms with Crippen LogP contribution in [0.1, 0.15) is 11.3 Å². The predicted octanol–water partition coefficient (Wildman–Crippen LogP) is 2.13. The van der Waals surface area contributed by atoms with E-state index in [1.807, 2.05) is 0 Å². The van der Waals surface area contributed by atoms with Crippen LogP contribution in [0.15, 0.2) is 35.2 Å². The molecule has 0 bridgehead atoms. The van der Waals surface area contributed by atoms with Crippen LogP contribution >= 0.6 is 11.8 Å². The second kappa shape index (κ2) is 10.1. The molecular weight excluding hydrogens is 402 g/mol. The molecule has 1 fully saturated rings. The highest BCUT2D eigenvalue weighted by atomic mass is 32.2. The number of nitrogens with one attached hydrogen (secondary N) is 1. The molecular formula is C21H25N5O3S.